The lowest BCUT2D eigenvalue weighted by Gasteiger charge is -2.13. The van der Waals surface area contributed by atoms with Crippen molar-refractivity contribution in [2.45, 2.75) is 32.2 Å². The number of alkyl halides is 1. The van der Waals surface area contributed by atoms with Crippen molar-refractivity contribution in [3.8, 4) is 0 Å². The Morgan fingerprint density at radius 2 is 2.38 bits per heavy atom. The van der Waals surface area contributed by atoms with Gasteiger partial charge >= 0.3 is 0 Å². The SMILES string of the molecule is C[C@H](NC(=O)CCCCBr)c1cccnc1. The molecule has 1 rings (SSSR count). The van der Waals surface area contributed by atoms with Crippen LogP contribution in [0.25, 0.3) is 0 Å². The van der Waals surface area contributed by atoms with E-state index in [4.69, 9.17) is 0 Å². The van der Waals surface area contributed by atoms with Gasteiger partial charge in [0.25, 0.3) is 0 Å². The highest BCUT2D eigenvalue weighted by atomic mass is 79.9. The number of nitrogens with one attached hydrogen (secondary N) is 1. The predicted octanol–water partition coefficient (Wildman–Crippen LogP) is 2.82. The second kappa shape index (κ2) is 7.39. The molecule has 0 aliphatic heterocycles. The summed E-state index contributed by atoms with van der Waals surface area (Å²) in [6.45, 7) is 1.97. The van der Waals surface area contributed by atoms with E-state index in [2.05, 4.69) is 26.2 Å². The highest BCUT2D eigenvalue weighted by Crippen LogP contribution is 2.10. The lowest BCUT2D eigenvalue weighted by atomic mass is 10.1. The molecule has 1 amide bonds. The molecule has 1 N–H and O–H groups in total. The van der Waals surface area contributed by atoms with Crippen molar-refractivity contribution in [1.29, 1.82) is 0 Å². The van der Waals surface area contributed by atoms with Gasteiger partial charge in [0.15, 0.2) is 0 Å². The summed E-state index contributed by atoms with van der Waals surface area (Å²) in [5, 5.41) is 3.92. The molecule has 0 aliphatic rings. The molecule has 0 saturated carbocycles. The van der Waals surface area contributed by atoms with E-state index in [0.717, 1.165) is 23.7 Å². The second-order valence-electron chi connectivity index (χ2n) is 3.72. The van der Waals surface area contributed by atoms with Crippen molar-refractivity contribution >= 4 is 21.8 Å². The molecular formula is C12H17BrN2O. The van der Waals surface area contributed by atoms with E-state index in [-0.39, 0.29) is 11.9 Å². The Kier molecular flexibility index (Phi) is 6.08. The fraction of sp³-hybridized carbons (Fsp3) is 0.500. The number of carbonyl (C=O) groups excluding carboxylic acids is 1. The van der Waals surface area contributed by atoms with E-state index >= 15 is 0 Å². The summed E-state index contributed by atoms with van der Waals surface area (Å²) in [5.41, 5.74) is 1.04. The quantitative estimate of drug-likeness (QED) is 0.645. The largest absolute Gasteiger partial charge is 0.350 e. The highest BCUT2D eigenvalue weighted by Gasteiger charge is 2.08. The number of rotatable bonds is 6. The highest BCUT2D eigenvalue weighted by molar-refractivity contribution is 9.09. The van der Waals surface area contributed by atoms with Gasteiger partial charge in [-0.05, 0) is 31.4 Å². The first-order valence-electron chi connectivity index (χ1n) is 5.49. The third kappa shape index (κ3) is 4.75. The third-order valence-electron chi connectivity index (χ3n) is 2.35. The van der Waals surface area contributed by atoms with Gasteiger partial charge < -0.3 is 5.32 Å². The van der Waals surface area contributed by atoms with E-state index < -0.39 is 0 Å². The zero-order valence-corrected chi connectivity index (χ0v) is 11.0. The van der Waals surface area contributed by atoms with Crippen molar-refractivity contribution < 1.29 is 4.79 Å². The number of aromatic nitrogens is 1. The van der Waals surface area contributed by atoms with Crippen LogP contribution in [0.1, 0.15) is 37.8 Å². The zero-order chi connectivity index (χ0) is 11.8. The molecule has 0 radical (unpaired) electrons. The Labute approximate surface area is 105 Å². The van der Waals surface area contributed by atoms with Gasteiger partial charge in [0.2, 0.25) is 5.91 Å². The van der Waals surface area contributed by atoms with Crippen molar-refractivity contribution in [2.75, 3.05) is 5.33 Å². The van der Waals surface area contributed by atoms with E-state index in [1.807, 2.05) is 19.1 Å². The molecule has 1 aromatic rings. The molecule has 88 valence electrons. The van der Waals surface area contributed by atoms with Crippen molar-refractivity contribution in [3.05, 3.63) is 30.1 Å². The first-order chi connectivity index (χ1) is 7.74. The van der Waals surface area contributed by atoms with Crippen LogP contribution < -0.4 is 5.32 Å². The van der Waals surface area contributed by atoms with Crippen LogP contribution in [-0.2, 0) is 4.79 Å². The van der Waals surface area contributed by atoms with Crippen LogP contribution in [0.3, 0.4) is 0 Å². The minimum Gasteiger partial charge on any atom is -0.350 e. The van der Waals surface area contributed by atoms with Gasteiger partial charge in [-0.15, -0.1) is 0 Å². The van der Waals surface area contributed by atoms with Gasteiger partial charge in [0.05, 0.1) is 6.04 Å². The van der Waals surface area contributed by atoms with Crippen LogP contribution in [0.15, 0.2) is 24.5 Å². The van der Waals surface area contributed by atoms with Crippen LogP contribution in [-0.4, -0.2) is 16.2 Å². The number of hydrogen-bond donors (Lipinski definition) is 1. The van der Waals surface area contributed by atoms with Crippen LogP contribution in [0.5, 0.6) is 0 Å². The monoisotopic (exact) mass is 284 g/mol. The van der Waals surface area contributed by atoms with Gasteiger partial charge in [0.1, 0.15) is 0 Å². The third-order valence-corrected chi connectivity index (χ3v) is 2.91. The van der Waals surface area contributed by atoms with Crippen molar-refractivity contribution in [2.24, 2.45) is 0 Å². The molecule has 16 heavy (non-hydrogen) atoms. The van der Waals surface area contributed by atoms with Crippen LogP contribution in [0.4, 0.5) is 0 Å². The molecule has 1 heterocycles. The lowest BCUT2D eigenvalue weighted by molar-refractivity contribution is -0.121. The summed E-state index contributed by atoms with van der Waals surface area (Å²) in [5.74, 6) is 0.109. The zero-order valence-electron chi connectivity index (χ0n) is 9.45. The summed E-state index contributed by atoms with van der Waals surface area (Å²) < 4.78 is 0. The number of nitrogens with zero attached hydrogens (tertiary/aromatic N) is 1. The van der Waals surface area contributed by atoms with Crippen LogP contribution in [0, 0.1) is 0 Å². The normalized spacial score (nSPS) is 12.1. The Bertz CT molecular complexity index is 316. The molecule has 1 atom stereocenters. The standard InChI is InChI=1S/C12H17BrN2O/c1-10(11-5-4-8-14-9-11)15-12(16)6-2-3-7-13/h4-5,8-10H,2-3,6-7H2,1H3,(H,15,16)/t10-/m0/s1. The van der Waals surface area contributed by atoms with Gasteiger partial charge in [-0.3, -0.25) is 9.78 Å². The number of pyridine rings is 1. The molecule has 0 fully saturated rings. The Balaban J connectivity index is 2.34. The van der Waals surface area contributed by atoms with E-state index in [1.54, 1.807) is 12.4 Å². The van der Waals surface area contributed by atoms with Gasteiger partial charge in [-0.2, -0.15) is 0 Å². The molecule has 0 unspecified atom stereocenters. The van der Waals surface area contributed by atoms with Crippen LogP contribution >= 0.6 is 15.9 Å². The molecule has 0 spiro atoms. The number of carbonyl (C=O) groups is 1. The van der Waals surface area contributed by atoms with Gasteiger partial charge in [-0.25, -0.2) is 0 Å². The predicted molar refractivity (Wildman–Crippen MR) is 68.4 cm³/mol. The second-order valence-corrected chi connectivity index (χ2v) is 4.51. The minimum atomic E-state index is 0.0326. The smallest absolute Gasteiger partial charge is 0.220 e. The fourth-order valence-corrected chi connectivity index (χ4v) is 1.81. The van der Waals surface area contributed by atoms with Crippen molar-refractivity contribution in [1.82, 2.24) is 10.3 Å². The summed E-state index contributed by atoms with van der Waals surface area (Å²) in [6.07, 6.45) is 6.07. The Morgan fingerprint density at radius 1 is 1.56 bits per heavy atom. The summed E-state index contributed by atoms with van der Waals surface area (Å²) >= 11 is 3.35. The van der Waals surface area contributed by atoms with E-state index in [9.17, 15) is 4.79 Å². The lowest BCUT2D eigenvalue weighted by Crippen LogP contribution is -2.26. The number of unbranched alkanes of at least 4 members (excludes halogenated alkanes) is 1. The summed E-state index contributed by atoms with van der Waals surface area (Å²) in [4.78, 5) is 15.6. The summed E-state index contributed by atoms with van der Waals surface area (Å²) in [6, 6.07) is 3.88. The van der Waals surface area contributed by atoms with E-state index in [0.29, 0.717) is 6.42 Å². The molecule has 0 aromatic carbocycles. The van der Waals surface area contributed by atoms with Crippen molar-refractivity contribution in [3.63, 3.8) is 0 Å². The first-order valence-corrected chi connectivity index (χ1v) is 6.61. The summed E-state index contributed by atoms with van der Waals surface area (Å²) in [7, 11) is 0. The molecule has 1 aromatic heterocycles. The topological polar surface area (TPSA) is 42.0 Å². The first kappa shape index (κ1) is 13.2. The van der Waals surface area contributed by atoms with Gasteiger partial charge in [-0.1, -0.05) is 22.0 Å². The maximum Gasteiger partial charge on any atom is 0.220 e. The average Bonchev–Trinajstić information content (AvgIpc) is 2.30. The molecule has 0 bridgehead atoms. The molecule has 0 saturated heterocycles. The minimum absolute atomic E-state index is 0.0326. The molecule has 3 nitrogen and oxygen atoms in total. The number of hydrogen-bond acceptors (Lipinski definition) is 2. The number of halogens is 1. The van der Waals surface area contributed by atoms with E-state index in [1.165, 1.54) is 0 Å². The number of amides is 1. The maximum absolute atomic E-state index is 11.6. The average molecular weight is 285 g/mol. The fourth-order valence-electron chi connectivity index (χ4n) is 1.41. The maximum atomic E-state index is 11.6. The molecule has 0 aliphatic carbocycles. The molecule has 4 heteroatoms. The van der Waals surface area contributed by atoms with Crippen LogP contribution in [0.2, 0.25) is 0 Å². The van der Waals surface area contributed by atoms with Gasteiger partial charge in [0, 0.05) is 24.1 Å². The molecular weight excluding hydrogens is 268 g/mol. The Morgan fingerprint density at radius 3 is 3.00 bits per heavy atom. The Hall–Kier alpha value is -0.900.